The maximum Gasteiger partial charge on any atom is 0.330 e. The van der Waals surface area contributed by atoms with Gasteiger partial charge in [-0.2, -0.15) is 8.42 Å². The molecule has 9 heteroatoms. The van der Waals surface area contributed by atoms with Crippen LogP contribution in [0.4, 0.5) is 0 Å². The summed E-state index contributed by atoms with van der Waals surface area (Å²) in [6, 6.07) is 0. The minimum atomic E-state index is -3.95. The minimum absolute atomic E-state index is 0.727. The Kier molecular flexibility index (Phi) is 2.89. The summed E-state index contributed by atoms with van der Waals surface area (Å²) in [5, 5.41) is -1.11. The van der Waals surface area contributed by atoms with Gasteiger partial charge in [0.15, 0.2) is 6.10 Å². The molecule has 6 unspecified atom stereocenters. The first-order chi connectivity index (χ1) is 9.40. The van der Waals surface area contributed by atoms with Crippen LogP contribution < -0.4 is 0 Å². The normalized spacial score (nSPS) is 43.2. The molecule has 3 rings (SSSR count). The number of carbonyl (C=O) groups excluding carboxylic acids is 2. The highest BCUT2D eigenvalue weighted by atomic mass is 32.2. The highest BCUT2D eigenvalue weighted by molar-refractivity contribution is 7.87. The Morgan fingerprint density at radius 3 is 2.55 bits per heavy atom. The molecule has 6 atom stereocenters. The van der Waals surface area contributed by atoms with Gasteiger partial charge in [-0.1, -0.05) is 6.58 Å². The molecule has 3 fully saturated rings. The number of rotatable bonds is 3. The Hall–Kier alpha value is -1.45. The molecular formula is C11H12O8S. The van der Waals surface area contributed by atoms with Crippen LogP contribution in [-0.4, -0.2) is 57.1 Å². The fraction of sp³-hybridized carbons (Fsp3) is 0.636. The van der Waals surface area contributed by atoms with Crippen molar-refractivity contribution >= 4 is 22.1 Å². The van der Waals surface area contributed by atoms with Gasteiger partial charge in [-0.05, 0) is 0 Å². The summed E-state index contributed by atoms with van der Waals surface area (Å²) in [6.07, 6.45) is -2.65. The van der Waals surface area contributed by atoms with Gasteiger partial charge in [-0.15, -0.1) is 0 Å². The van der Waals surface area contributed by atoms with Crippen molar-refractivity contribution < 1.29 is 36.4 Å². The molecule has 0 aromatic carbocycles. The summed E-state index contributed by atoms with van der Waals surface area (Å²) < 4.78 is 44.0. The number of esters is 2. The van der Waals surface area contributed by atoms with Crippen LogP contribution in [-0.2, 0) is 38.1 Å². The largest absolute Gasteiger partial charge is 0.469 e. The summed E-state index contributed by atoms with van der Waals surface area (Å²) in [7, 11) is -2.80. The predicted molar refractivity (Wildman–Crippen MR) is 61.8 cm³/mol. The maximum absolute atomic E-state index is 11.9. The van der Waals surface area contributed by atoms with Gasteiger partial charge >= 0.3 is 11.9 Å². The van der Waals surface area contributed by atoms with Gasteiger partial charge in [-0.25, -0.2) is 4.79 Å². The van der Waals surface area contributed by atoms with Crippen LogP contribution in [0.3, 0.4) is 0 Å². The van der Waals surface area contributed by atoms with E-state index in [9.17, 15) is 18.0 Å². The third kappa shape index (κ3) is 1.63. The van der Waals surface area contributed by atoms with Crippen molar-refractivity contribution in [2.24, 2.45) is 5.92 Å². The standard InChI is InChI=1S/C11H12O8S/c1-3-4(12)17-7-6-5(11(13)16-2)10-9(18-6)8(7)19-20(10,14)15/h3,5-10H,1H2,2H3. The molecule has 20 heavy (non-hydrogen) atoms. The van der Waals surface area contributed by atoms with E-state index in [1.165, 1.54) is 0 Å². The minimum Gasteiger partial charge on any atom is -0.469 e. The molecular weight excluding hydrogens is 292 g/mol. The smallest absolute Gasteiger partial charge is 0.330 e. The van der Waals surface area contributed by atoms with Crippen molar-refractivity contribution in [2.45, 2.75) is 29.7 Å². The number of methoxy groups -OCH3 is 1. The van der Waals surface area contributed by atoms with Crippen LogP contribution >= 0.6 is 0 Å². The average molecular weight is 304 g/mol. The van der Waals surface area contributed by atoms with Crippen LogP contribution in [0.1, 0.15) is 0 Å². The molecule has 0 radical (unpaired) electrons. The fourth-order valence-corrected chi connectivity index (χ4v) is 4.88. The average Bonchev–Trinajstić information content (AvgIpc) is 2.99. The van der Waals surface area contributed by atoms with Gasteiger partial charge in [-0.3, -0.25) is 8.98 Å². The quantitative estimate of drug-likeness (QED) is 0.362. The molecule has 0 saturated carbocycles. The molecule has 3 heterocycles. The molecule has 2 bridgehead atoms. The van der Waals surface area contributed by atoms with E-state index in [2.05, 4.69) is 11.3 Å². The summed E-state index contributed by atoms with van der Waals surface area (Å²) in [5.41, 5.74) is 0. The number of hydrogen-bond acceptors (Lipinski definition) is 8. The van der Waals surface area contributed by atoms with Crippen LogP contribution in [0.15, 0.2) is 12.7 Å². The third-order valence-corrected chi connectivity index (χ3v) is 5.51. The molecule has 0 aromatic heterocycles. The second-order valence-electron chi connectivity index (χ2n) is 4.74. The zero-order valence-corrected chi connectivity index (χ0v) is 11.2. The van der Waals surface area contributed by atoms with Gasteiger partial charge in [0.05, 0.1) is 7.11 Å². The maximum atomic E-state index is 11.9. The lowest BCUT2D eigenvalue weighted by molar-refractivity contribution is -0.157. The zero-order valence-electron chi connectivity index (χ0n) is 10.4. The highest BCUT2D eigenvalue weighted by Crippen LogP contribution is 2.51. The number of ether oxygens (including phenoxy) is 3. The summed E-state index contributed by atoms with van der Waals surface area (Å²) in [4.78, 5) is 23.1. The van der Waals surface area contributed by atoms with Gasteiger partial charge < -0.3 is 14.2 Å². The molecule has 3 aliphatic rings. The molecule has 110 valence electrons. The van der Waals surface area contributed by atoms with E-state index in [1.807, 2.05) is 0 Å². The van der Waals surface area contributed by atoms with E-state index >= 15 is 0 Å². The topological polar surface area (TPSA) is 105 Å². The molecule has 0 spiro atoms. The Bertz CT molecular complexity index is 581. The number of carbonyl (C=O) groups is 2. The van der Waals surface area contributed by atoms with Crippen LogP contribution in [0.25, 0.3) is 0 Å². The zero-order chi connectivity index (χ0) is 14.7. The third-order valence-electron chi connectivity index (χ3n) is 3.79. The second kappa shape index (κ2) is 4.27. The Labute approximate surface area is 114 Å². The van der Waals surface area contributed by atoms with Gasteiger partial charge in [0.1, 0.15) is 29.5 Å². The SMILES string of the molecule is C=CC(=O)OC1C2OS(=O)(=O)C3C2OC1C3C(=O)OC. The fourth-order valence-electron chi connectivity index (χ4n) is 3.05. The van der Waals surface area contributed by atoms with Crippen molar-refractivity contribution in [1.82, 2.24) is 0 Å². The van der Waals surface area contributed by atoms with Crippen molar-refractivity contribution in [2.75, 3.05) is 7.11 Å². The molecule has 3 aliphatic heterocycles. The second-order valence-corrected chi connectivity index (χ2v) is 6.46. The van der Waals surface area contributed by atoms with Gasteiger partial charge in [0.25, 0.3) is 10.1 Å². The van der Waals surface area contributed by atoms with E-state index in [0.717, 1.165) is 13.2 Å². The predicted octanol–water partition coefficient (Wildman–Crippen LogP) is -1.25. The Balaban J connectivity index is 1.97. The monoisotopic (exact) mass is 304 g/mol. The van der Waals surface area contributed by atoms with Crippen molar-refractivity contribution in [3.63, 3.8) is 0 Å². The summed E-state index contributed by atoms with van der Waals surface area (Å²) in [5.74, 6) is -2.52. The molecule has 0 amide bonds. The van der Waals surface area contributed by atoms with E-state index in [-0.39, 0.29) is 0 Å². The molecule has 3 saturated heterocycles. The molecule has 0 N–H and O–H groups in total. The first kappa shape index (κ1) is 13.5. The lowest BCUT2D eigenvalue weighted by atomic mass is 9.85. The van der Waals surface area contributed by atoms with Gasteiger partial charge in [0.2, 0.25) is 0 Å². The highest BCUT2D eigenvalue weighted by Gasteiger charge is 2.73. The lowest BCUT2D eigenvalue weighted by Crippen LogP contribution is -2.49. The summed E-state index contributed by atoms with van der Waals surface area (Å²) >= 11 is 0. The Morgan fingerprint density at radius 1 is 1.25 bits per heavy atom. The van der Waals surface area contributed by atoms with Crippen molar-refractivity contribution in [3.05, 3.63) is 12.7 Å². The Morgan fingerprint density at radius 2 is 1.95 bits per heavy atom. The van der Waals surface area contributed by atoms with Gasteiger partial charge in [0, 0.05) is 6.08 Å². The molecule has 0 aliphatic carbocycles. The number of fused-ring (bicyclic) bond motifs is 1. The summed E-state index contributed by atoms with van der Waals surface area (Å²) in [6.45, 7) is 3.26. The van der Waals surface area contributed by atoms with E-state index in [0.29, 0.717) is 0 Å². The first-order valence-electron chi connectivity index (χ1n) is 5.89. The van der Waals surface area contributed by atoms with Crippen molar-refractivity contribution in [3.8, 4) is 0 Å². The van der Waals surface area contributed by atoms with E-state index in [4.69, 9.17) is 13.7 Å². The number of hydrogen-bond donors (Lipinski definition) is 0. The van der Waals surface area contributed by atoms with Crippen LogP contribution in [0, 0.1) is 5.92 Å². The lowest BCUT2D eigenvalue weighted by Gasteiger charge is -2.26. The van der Waals surface area contributed by atoms with Crippen molar-refractivity contribution in [1.29, 1.82) is 0 Å². The molecule has 0 aromatic rings. The van der Waals surface area contributed by atoms with Crippen LogP contribution in [0.5, 0.6) is 0 Å². The van der Waals surface area contributed by atoms with E-state index < -0.39 is 57.6 Å². The van der Waals surface area contributed by atoms with E-state index in [1.54, 1.807) is 0 Å². The first-order valence-corrected chi connectivity index (χ1v) is 7.36. The van der Waals surface area contributed by atoms with Crippen LogP contribution in [0.2, 0.25) is 0 Å². The molecule has 8 nitrogen and oxygen atoms in total.